The average Bonchev–Trinajstić information content (AvgIpc) is 2.84. The van der Waals surface area contributed by atoms with E-state index in [1.165, 1.54) is 24.3 Å². The molecule has 106 valence electrons. The maximum atomic E-state index is 10.9. The molecule has 1 aromatic heterocycles. The number of aromatic nitrogens is 1. The lowest BCUT2D eigenvalue weighted by atomic mass is 10.2. The SMILES string of the molecule is O=C(O)c1ccc2nc(Oc3cc(Cl)ccc3Cl)oc2c1. The van der Waals surface area contributed by atoms with Crippen molar-refractivity contribution in [3.63, 3.8) is 0 Å². The Morgan fingerprint density at radius 2 is 2.00 bits per heavy atom. The van der Waals surface area contributed by atoms with Gasteiger partial charge in [0.05, 0.1) is 10.6 Å². The summed E-state index contributed by atoms with van der Waals surface area (Å²) in [7, 11) is 0. The zero-order valence-electron chi connectivity index (χ0n) is 10.3. The molecule has 7 heteroatoms. The van der Waals surface area contributed by atoms with Gasteiger partial charge in [-0.25, -0.2) is 4.79 Å². The molecule has 0 amide bonds. The third-order valence-electron chi connectivity index (χ3n) is 2.71. The molecule has 0 unspecified atom stereocenters. The van der Waals surface area contributed by atoms with Crippen LogP contribution in [-0.2, 0) is 0 Å². The smallest absolute Gasteiger partial charge is 0.400 e. The molecule has 3 aromatic rings. The summed E-state index contributed by atoms with van der Waals surface area (Å²) in [5.74, 6) is -0.747. The van der Waals surface area contributed by atoms with E-state index in [0.717, 1.165) is 0 Å². The van der Waals surface area contributed by atoms with Crippen LogP contribution in [0.15, 0.2) is 40.8 Å². The number of rotatable bonds is 3. The van der Waals surface area contributed by atoms with Crippen molar-refractivity contribution in [1.29, 1.82) is 0 Å². The number of aromatic carboxylic acids is 1. The van der Waals surface area contributed by atoms with E-state index < -0.39 is 5.97 Å². The Hall–Kier alpha value is -2.24. The van der Waals surface area contributed by atoms with Crippen LogP contribution >= 0.6 is 23.2 Å². The van der Waals surface area contributed by atoms with E-state index in [0.29, 0.717) is 26.9 Å². The Morgan fingerprint density at radius 3 is 2.76 bits per heavy atom. The molecular formula is C14H7Cl2NO4. The first kappa shape index (κ1) is 13.7. The summed E-state index contributed by atoms with van der Waals surface area (Å²) >= 11 is 11.8. The van der Waals surface area contributed by atoms with Crippen LogP contribution < -0.4 is 4.74 Å². The maximum Gasteiger partial charge on any atom is 0.400 e. The molecule has 0 saturated heterocycles. The molecule has 0 fully saturated rings. The monoisotopic (exact) mass is 323 g/mol. The van der Waals surface area contributed by atoms with Crippen molar-refractivity contribution < 1.29 is 19.1 Å². The molecule has 0 aliphatic rings. The van der Waals surface area contributed by atoms with Gasteiger partial charge in [-0.1, -0.05) is 23.2 Å². The van der Waals surface area contributed by atoms with E-state index in [9.17, 15) is 4.79 Å². The van der Waals surface area contributed by atoms with E-state index >= 15 is 0 Å². The summed E-state index contributed by atoms with van der Waals surface area (Å²) in [5, 5.41) is 9.74. The molecule has 0 saturated carbocycles. The number of hydrogen-bond donors (Lipinski definition) is 1. The molecule has 0 aliphatic heterocycles. The average molecular weight is 324 g/mol. The number of carbonyl (C=O) groups is 1. The van der Waals surface area contributed by atoms with Crippen LogP contribution in [0.25, 0.3) is 11.1 Å². The molecular weight excluding hydrogens is 317 g/mol. The topological polar surface area (TPSA) is 72.6 Å². The van der Waals surface area contributed by atoms with Crippen molar-refractivity contribution in [2.75, 3.05) is 0 Å². The number of nitrogens with zero attached hydrogens (tertiary/aromatic N) is 1. The summed E-state index contributed by atoms with van der Waals surface area (Å²) in [6.07, 6.45) is -0.0447. The van der Waals surface area contributed by atoms with Gasteiger partial charge in [0, 0.05) is 11.1 Å². The summed E-state index contributed by atoms with van der Waals surface area (Å²) in [5.41, 5.74) is 0.891. The predicted molar refractivity (Wildman–Crippen MR) is 77.5 cm³/mol. The molecule has 0 radical (unpaired) electrons. The molecule has 3 rings (SSSR count). The van der Waals surface area contributed by atoms with Gasteiger partial charge < -0.3 is 14.3 Å². The van der Waals surface area contributed by atoms with Crippen molar-refractivity contribution in [1.82, 2.24) is 4.98 Å². The van der Waals surface area contributed by atoms with Crippen LogP contribution in [0, 0.1) is 0 Å². The molecule has 0 bridgehead atoms. The zero-order valence-corrected chi connectivity index (χ0v) is 11.9. The number of fused-ring (bicyclic) bond motifs is 1. The number of carboxylic acids is 1. The minimum Gasteiger partial charge on any atom is -0.478 e. The van der Waals surface area contributed by atoms with E-state index in [1.807, 2.05) is 0 Å². The standard InChI is InChI=1S/C14H7Cl2NO4/c15-8-2-3-9(16)11(6-8)20-14-17-10-4-1-7(13(18)19)5-12(10)21-14/h1-6H,(H,18,19). The summed E-state index contributed by atoms with van der Waals surface area (Å²) in [4.78, 5) is 15.0. The maximum absolute atomic E-state index is 10.9. The van der Waals surface area contributed by atoms with Crippen molar-refractivity contribution in [3.05, 3.63) is 52.0 Å². The van der Waals surface area contributed by atoms with Crippen molar-refractivity contribution in [2.45, 2.75) is 0 Å². The van der Waals surface area contributed by atoms with Gasteiger partial charge in [-0.2, -0.15) is 4.98 Å². The van der Waals surface area contributed by atoms with Gasteiger partial charge in [0.2, 0.25) is 0 Å². The van der Waals surface area contributed by atoms with Crippen molar-refractivity contribution in [3.8, 4) is 11.8 Å². The number of ether oxygens (including phenoxy) is 1. The normalized spacial score (nSPS) is 10.8. The van der Waals surface area contributed by atoms with E-state index in [-0.39, 0.29) is 11.6 Å². The zero-order chi connectivity index (χ0) is 15.0. The van der Waals surface area contributed by atoms with Gasteiger partial charge in [-0.05, 0) is 30.3 Å². The van der Waals surface area contributed by atoms with Crippen LogP contribution in [0.3, 0.4) is 0 Å². The number of halogens is 2. The fourth-order valence-electron chi connectivity index (χ4n) is 1.73. The Balaban J connectivity index is 1.97. The summed E-state index contributed by atoms with van der Waals surface area (Å²) < 4.78 is 10.8. The highest BCUT2D eigenvalue weighted by Crippen LogP contribution is 2.33. The second-order valence-electron chi connectivity index (χ2n) is 4.14. The fraction of sp³-hybridized carbons (Fsp3) is 0. The van der Waals surface area contributed by atoms with Gasteiger partial charge in [-0.3, -0.25) is 0 Å². The van der Waals surface area contributed by atoms with Crippen LogP contribution in [0.4, 0.5) is 0 Å². The summed E-state index contributed by atoms with van der Waals surface area (Å²) in [6, 6.07) is 9.09. The van der Waals surface area contributed by atoms with Gasteiger partial charge in [0.25, 0.3) is 0 Å². The van der Waals surface area contributed by atoms with Gasteiger partial charge in [-0.15, -0.1) is 0 Å². The third-order valence-corrected chi connectivity index (χ3v) is 3.25. The highest BCUT2D eigenvalue weighted by atomic mass is 35.5. The van der Waals surface area contributed by atoms with Crippen LogP contribution in [0.2, 0.25) is 10.0 Å². The largest absolute Gasteiger partial charge is 0.478 e. The lowest BCUT2D eigenvalue weighted by molar-refractivity contribution is 0.0697. The van der Waals surface area contributed by atoms with Crippen LogP contribution in [-0.4, -0.2) is 16.1 Å². The Morgan fingerprint density at radius 1 is 1.19 bits per heavy atom. The number of oxazole rings is 1. The lowest BCUT2D eigenvalue weighted by Crippen LogP contribution is -1.94. The number of hydrogen-bond acceptors (Lipinski definition) is 4. The number of carboxylic acid groups (broad SMARTS) is 1. The van der Waals surface area contributed by atoms with Gasteiger partial charge in [0.15, 0.2) is 11.3 Å². The molecule has 0 atom stereocenters. The van der Waals surface area contributed by atoms with Gasteiger partial charge in [0.1, 0.15) is 5.52 Å². The number of benzene rings is 2. The fourth-order valence-corrected chi connectivity index (χ4v) is 2.05. The Bertz CT molecular complexity index is 844. The van der Waals surface area contributed by atoms with Crippen LogP contribution in [0.1, 0.15) is 10.4 Å². The predicted octanol–water partition coefficient (Wildman–Crippen LogP) is 4.63. The molecule has 2 aromatic carbocycles. The Labute approximate surface area is 128 Å². The van der Waals surface area contributed by atoms with E-state index in [4.69, 9.17) is 37.5 Å². The summed E-state index contributed by atoms with van der Waals surface area (Å²) in [6.45, 7) is 0. The molecule has 0 aliphatic carbocycles. The molecule has 0 spiro atoms. The first-order chi connectivity index (χ1) is 10.0. The molecule has 5 nitrogen and oxygen atoms in total. The minimum atomic E-state index is -1.05. The molecule has 21 heavy (non-hydrogen) atoms. The first-order valence-corrected chi connectivity index (χ1v) is 6.55. The quantitative estimate of drug-likeness (QED) is 0.761. The van der Waals surface area contributed by atoms with Crippen molar-refractivity contribution in [2.24, 2.45) is 0 Å². The molecule has 1 heterocycles. The second-order valence-corrected chi connectivity index (χ2v) is 4.99. The molecule has 1 N–H and O–H groups in total. The van der Waals surface area contributed by atoms with E-state index in [1.54, 1.807) is 12.1 Å². The van der Waals surface area contributed by atoms with Gasteiger partial charge >= 0.3 is 12.0 Å². The first-order valence-electron chi connectivity index (χ1n) is 5.80. The minimum absolute atomic E-state index is 0.0447. The van der Waals surface area contributed by atoms with E-state index in [2.05, 4.69) is 4.98 Å². The lowest BCUT2D eigenvalue weighted by Gasteiger charge is -2.02. The third kappa shape index (κ3) is 2.79. The second kappa shape index (κ2) is 5.27. The highest BCUT2D eigenvalue weighted by Gasteiger charge is 2.13. The Kier molecular flexibility index (Phi) is 3.45. The highest BCUT2D eigenvalue weighted by molar-refractivity contribution is 6.34. The van der Waals surface area contributed by atoms with Crippen molar-refractivity contribution >= 4 is 40.3 Å². The van der Waals surface area contributed by atoms with Crippen LogP contribution in [0.5, 0.6) is 11.8 Å².